The van der Waals surface area contributed by atoms with E-state index in [2.05, 4.69) is 0 Å². The fourth-order valence-electron chi connectivity index (χ4n) is 1.95. The van der Waals surface area contributed by atoms with Crippen molar-refractivity contribution in [2.24, 2.45) is 5.92 Å². The first kappa shape index (κ1) is 14.9. The topological polar surface area (TPSA) is 61.1 Å². The van der Waals surface area contributed by atoms with E-state index >= 15 is 0 Å². The molecule has 0 aliphatic rings. The van der Waals surface area contributed by atoms with Crippen molar-refractivity contribution < 1.29 is 9.32 Å². The Bertz CT molecular complexity index is 450. The Morgan fingerprint density at radius 3 is 2.39 bits per heavy atom. The van der Waals surface area contributed by atoms with E-state index in [-0.39, 0.29) is 11.2 Å². The molecule has 0 radical (unpaired) electrons. The Hall–Kier alpha value is -1.18. The Labute approximate surface area is 111 Å². The first-order chi connectivity index (χ1) is 8.51. The van der Waals surface area contributed by atoms with Gasteiger partial charge in [-0.2, -0.15) is 5.26 Å². The van der Waals surface area contributed by atoms with Gasteiger partial charge in [0, 0.05) is 16.1 Å². The Morgan fingerprint density at radius 2 is 1.94 bits per heavy atom. The van der Waals surface area contributed by atoms with E-state index in [4.69, 9.17) is 5.26 Å². The maximum Gasteiger partial charge on any atom is 0.144 e. The minimum absolute atomic E-state index is 0.243. The fourth-order valence-corrected chi connectivity index (χ4v) is 3.45. The molecule has 0 bridgehead atoms. The quantitative estimate of drug-likeness (QED) is 0.832. The molecular weight excluding hydrogens is 246 g/mol. The molecule has 98 valence electrons. The number of hydrogen-bond acceptors (Lipinski definition) is 3. The molecule has 1 N–H and O–H groups in total. The number of nitrogens with zero attached hydrogens (tertiary/aromatic N) is 1. The number of benzene rings is 1. The van der Waals surface area contributed by atoms with Gasteiger partial charge in [0.25, 0.3) is 0 Å². The molecule has 0 amide bonds. The van der Waals surface area contributed by atoms with Gasteiger partial charge in [-0.15, -0.1) is 0 Å². The van der Waals surface area contributed by atoms with Crippen molar-refractivity contribution in [3.63, 3.8) is 0 Å². The van der Waals surface area contributed by atoms with Gasteiger partial charge in [0.05, 0.1) is 16.9 Å². The fraction of sp³-hybridized carbons (Fsp3) is 0.500. The van der Waals surface area contributed by atoms with Crippen LogP contribution in [-0.4, -0.2) is 20.7 Å². The lowest BCUT2D eigenvalue weighted by Gasteiger charge is -2.23. The number of nitriles is 1. The third-order valence-corrected chi connectivity index (χ3v) is 4.96. The number of aliphatic hydroxyl groups is 1. The summed E-state index contributed by atoms with van der Waals surface area (Å²) in [6.07, 6.45) is -0.424. The van der Waals surface area contributed by atoms with Gasteiger partial charge < -0.3 is 5.11 Å². The van der Waals surface area contributed by atoms with Gasteiger partial charge in [-0.1, -0.05) is 31.5 Å². The zero-order valence-electron chi connectivity index (χ0n) is 11.0. The molecule has 4 atom stereocenters. The minimum atomic E-state index is -1.20. The first-order valence-corrected chi connectivity index (χ1v) is 7.27. The molecule has 0 heterocycles. The van der Waals surface area contributed by atoms with Gasteiger partial charge in [0.2, 0.25) is 0 Å². The van der Waals surface area contributed by atoms with Crippen molar-refractivity contribution in [2.45, 2.75) is 43.4 Å². The van der Waals surface area contributed by atoms with Crippen molar-refractivity contribution in [1.29, 1.82) is 5.26 Å². The molecule has 0 aliphatic carbocycles. The van der Waals surface area contributed by atoms with Crippen LogP contribution in [0, 0.1) is 24.2 Å². The second-order valence-corrected chi connectivity index (χ2v) is 6.27. The standard InChI is InChI=1S/C14H19NO2S/c1-4-13(14(16)9-15)11(3)18(17)12-7-5-10(2)6-8-12/h5-8,11,13-14,16H,4H2,1-3H3/t11?,13?,14-,18?/m1/s1. The van der Waals surface area contributed by atoms with E-state index in [1.165, 1.54) is 0 Å². The summed E-state index contributed by atoms with van der Waals surface area (Å²) >= 11 is 0. The summed E-state index contributed by atoms with van der Waals surface area (Å²) in [4.78, 5) is 0.747. The monoisotopic (exact) mass is 265 g/mol. The predicted octanol–water partition coefficient (Wildman–Crippen LogP) is 2.40. The molecule has 0 aromatic heterocycles. The molecule has 0 saturated heterocycles. The molecule has 1 aromatic carbocycles. The maximum atomic E-state index is 12.4. The minimum Gasteiger partial charge on any atom is -0.378 e. The number of aliphatic hydroxyl groups excluding tert-OH is 1. The van der Waals surface area contributed by atoms with E-state index in [9.17, 15) is 9.32 Å². The normalized spacial score (nSPS) is 17.5. The maximum absolute atomic E-state index is 12.4. The molecule has 0 spiro atoms. The van der Waals surface area contributed by atoms with Crippen LogP contribution in [0.5, 0.6) is 0 Å². The second kappa shape index (κ2) is 6.67. The van der Waals surface area contributed by atoms with Crippen LogP contribution in [-0.2, 0) is 10.8 Å². The summed E-state index contributed by atoms with van der Waals surface area (Å²) in [7, 11) is -1.20. The lowest BCUT2D eigenvalue weighted by molar-refractivity contribution is 0.155. The summed E-state index contributed by atoms with van der Waals surface area (Å²) in [5, 5.41) is 18.2. The first-order valence-electron chi connectivity index (χ1n) is 6.06. The summed E-state index contributed by atoms with van der Waals surface area (Å²) in [5.74, 6) is -0.267. The molecule has 0 fully saturated rings. The average Bonchev–Trinajstić information content (AvgIpc) is 2.39. The average molecular weight is 265 g/mol. The number of rotatable bonds is 5. The molecule has 18 heavy (non-hydrogen) atoms. The molecule has 3 unspecified atom stereocenters. The molecule has 1 rings (SSSR count). The van der Waals surface area contributed by atoms with Gasteiger partial charge in [-0.3, -0.25) is 4.21 Å². The molecule has 0 saturated carbocycles. The lowest BCUT2D eigenvalue weighted by atomic mass is 9.97. The Balaban J connectivity index is 2.89. The largest absolute Gasteiger partial charge is 0.378 e. The molecule has 4 heteroatoms. The van der Waals surface area contributed by atoms with Crippen LogP contribution in [0.2, 0.25) is 0 Å². The van der Waals surface area contributed by atoms with Crippen LogP contribution in [0.15, 0.2) is 29.2 Å². The van der Waals surface area contributed by atoms with Crippen molar-refractivity contribution in [1.82, 2.24) is 0 Å². The number of hydrogen-bond donors (Lipinski definition) is 1. The highest BCUT2D eigenvalue weighted by Crippen LogP contribution is 2.23. The lowest BCUT2D eigenvalue weighted by Crippen LogP contribution is -2.31. The van der Waals surface area contributed by atoms with Gasteiger partial charge in [0.1, 0.15) is 6.10 Å². The van der Waals surface area contributed by atoms with Crippen LogP contribution in [0.4, 0.5) is 0 Å². The van der Waals surface area contributed by atoms with Crippen LogP contribution < -0.4 is 0 Å². The second-order valence-electron chi connectivity index (χ2n) is 4.46. The van der Waals surface area contributed by atoms with E-state index in [1.54, 1.807) is 0 Å². The van der Waals surface area contributed by atoms with Gasteiger partial charge in [-0.05, 0) is 25.5 Å². The SMILES string of the molecule is CCC(C(C)S(=O)c1ccc(C)cc1)[C@H](O)C#N. The van der Waals surface area contributed by atoms with Crippen molar-refractivity contribution in [2.75, 3.05) is 0 Å². The third-order valence-electron chi connectivity index (χ3n) is 3.20. The Morgan fingerprint density at radius 1 is 1.39 bits per heavy atom. The summed E-state index contributed by atoms with van der Waals surface area (Å²) in [6, 6.07) is 9.35. The highest BCUT2D eigenvalue weighted by atomic mass is 32.2. The summed E-state index contributed by atoms with van der Waals surface area (Å²) in [6.45, 7) is 5.70. The summed E-state index contributed by atoms with van der Waals surface area (Å²) < 4.78 is 12.4. The molecule has 3 nitrogen and oxygen atoms in total. The van der Waals surface area contributed by atoms with Gasteiger partial charge >= 0.3 is 0 Å². The zero-order valence-corrected chi connectivity index (χ0v) is 11.8. The van der Waals surface area contributed by atoms with E-state index in [1.807, 2.05) is 51.1 Å². The van der Waals surface area contributed by atoms with Gasteiger partial charge in [-0.25, -0.2) is 0 Å². The van der Waals surface area contributed by atoms with Crippen LogP contribution in [0.1, 0.15) is 25.8 Å². The smallest absolute Gasteiger partial charge is 0.144 e. The van der Waals surface area contributed by atoms with Crippen LogP contribution >= 0.6 is 0 Å². The molecule has 0 aliphatic heterocycles. The third kappa shape index (κ3) is 3.41. The number of aryl methyl sites for hydroxylation is 1. The van der Waals surface area contributed by atoms with E-state index < -0.39 is 16.9 Å². The highest BCUT2D eigenvalue weighted by Gasteiger charge is 2.28. The molecular formula is C14H19NO2S. The zero-order chi connectivity index (χ0) is 13.7. The van der Waals surface area contributed by atoms with Gasteiger partial charge in [0.15, 0.2) is 0 Å². The Kier molecular flexibility index (Phi) is 5.52. The van der Waals surface area contributed by atoms with E-state index in [0.29, 0.717) is 6.42 Å². The van der Waals surface area contributed by atoms with Crippen LogP contribution in [0.25, 0.3) is 0 Å². The van der Waals surface area contributed by atoms with Crippen molar-refractivity contribution in [3.05, 3.63) is 29.8 Å². The van der Waals surface area contributed by atoms with Crippen molar-refractivity contribution in [3.8, 4) is 6.07 Å². The molecule has 1 aromatic rings. The van der Waals surface area contributed by atoms with Crippen LogP contribution in [0.3, 0.4) is 0 Å². The summed E-state index contributed by atoms with van der Waals surface area (Å²) in [5.41, 5.74) is 1.12. The predicted molar refractivity (Wildman–Crippen MR) is 72.5 cm³/mol. The van der Waals surface area contributed by atoms with Crippen molar-refractivity contribution >= 4 is 10.8 Å². The highest BCUT2D eigenvalue weighted by molar-refractivity contribution is 7.85. The van der Waals surface area contributed by atoms with E-state index in [0.717, 1.165) is 10.5 Å².